The third-order valence-electron chi connectivity index (χ3n) is 3.75. The highest BCUT2D eigenvalue weighted by Gasteiger charge is 2.28. The molecule has 2 aromatic heterocycles. The highest BCUT2D eigenvalue weighted by molar-refractivity contribution is 5.65. The van der Waals surface area contributed by atoms with Gasteiger partial charge in [-0.25, -0.2) is 9.78 Å². The van der Waals surface area contributed by atoms with E-state index in [4.69, 9.17) is 5.11 Å². The first kappa shape index (κ1) is 12.7. The summed E-state index contributed by atoms with van der Waals surface area (Å²) in [5, 5.41) is 13.4. The van der Waals surface area contributed by atoms with Gasteiger partial charge in [0.1, 0.15) is 5.82 Å². The number of hydrogen-bond donors (Lipinski definition) is 1. The topological polar surface area (TPSA) is 74.0 Å². The molecule has 1 N–H and O–H groups in total. The maximum Gasteiger partial charge on any atom is 0.407 e. The van der Waals surface area contributed by atoms with Gasteiger partial charge in [-0.1, -0.05) is 0 Å². The van der Waals surface area contributed by atoms with Crippen LogP contribution in [0, 0.1) is 6.92 Å². The number of carbonyl (C=O) groups is 1. The molecule has 0 spiro atoms. The number of aryl methyl sites for hydroxylation is 1. The SMILES string of the molecule is Cc1cnn2c(N3CCN(C(=O)O)C[C@@H]3C)ccnc12. The largest absolute Gasteiger partial charge is 0.465 e. The lowest BCUT2D eigenvalue weighted by molar-refractivity contribution is 0.136. The summed E-state index contributed by atoms with van der Waals surface area (Å²) in [7, 11) is 0. The van der Waals surface area contributed by atoms with Gasteiger partial charge in [-0.3, -0.25) is 0 Å². The van der Waals surface area contributed by atoms with Gasteiger partial charge < -0.3 is 14.9 Å². The summed E-state index contributed by atoms with van der Waals surface area (Å²) in [4.78, 5) is 19.0. The Morgan fingerprint density at radius 2 is 2.25 bits per heavy atom. The first-order valence-corrected chi connectivity index (χ1v) is 6.62. The van der Waals surface area contributed by atoms with Crippen LogP contribution in [0.2, 0.25) is 0 Å². The van der Waals surface area contributed by atoms with Crippen molar-refractivity contribution in [2.24, 2.45) is 0 Å². The highest BCUT2D eigenvalue weighted by atomic mass is 16.4. The second kappa shape index (κ2) is 4.66. The molecular weight excluding hydrogens is 258 g/mol. The summed E-state index contributed by atoms with van der Waals surface area (Å²) >= 11 is 0. The molecule has 1 atom stereocenters. The molecule has 106 valence electrons. The fourth-order valence-electron chi connectivity index (χ4n) is 2.68. The maximum atomic E-state index is 11.0. The summed E-state index contributed by atoms with van der Waals surface area (Å²) in [6.07, 6.45) is 2.71. The number of anilines is 1. The molecule has 0 bridgehead atoms. The monoisotopic (exact) mass is 275 g/mol. The standard InChI is InChI=1S/C13H17N5O2/c1-9-7-15-18-11(3-4-14-12(9)18)17-6-5-16(13(19)20)8-10(17)2/h3-4,7,10H,5-6,8H2,1-2H3,(H,19,20)/t10-/m0/s1. The van der Waals surface area contributed by atoms with Crippen molar-refractivity contribution < 1.29 is 9.90 Å². The summed E-state index contributed by atoms with van der Waals surface area (Å²) in [5.74, 6) is 0.959. The molecular formula is C13H17N5O2. The van der Waals surface area contributed by atoms with Crippen molar-refractivity contribution in [1.82, 2.24) is 19.5 Å². The van der Waals surface area contributed by atoms with Crippen molar-refractivity contribution in [2.45, 2.75) is 19.9 Å². The van der Waals surface area contributed by atoms with Gasteiger partial charge in [-0.2, -0.15) is 9.61 Å². The van der Waals surface area contributed by atoms with Crippen molar-refractivity contribution >= 4 is 17.6 Å². The fourth-order valence-corrected chi connectivity index (χ4v) is 2.68. The van der Waals surface area contributed by atoms with E-state index in [0.29, 0.717) is 19.6 Å². The lowest BCUT2D eigenvalue weighted by atomic mass is 10.2. The van der Waals surface area contributed by atoms with Crippen LogP contribution in [0.25, 0.3) is 5.65 Å². The molecule has 1 fully saturated rings. The van der Waals surface area contributed by atoms with Gasteiger partial charge in [0.25, 0.3) is 0 Å². The number of aromatic nitrogens is 3. The summed E-state index contributed by atoms with van der Waals surface area (Å²) in [6, 6.07) is 2.03. The molecule has 0 radical (unpaired) electrons. The van der Waals surface area contributed by atoms with E-state index in [1.165, 1.54) is 4.90 Å². The Kier molecular flexibility index (Phi) is 2.96. The zero-order valence-electron chi connectivity index (χ0n) is 11.5. The number of piperazine rings is 1. The lowest BCUT2D eigenvalue weighted by Crippen LogP contribution is -2.54. The number of nitrogens with zero attached hydrogens (tertiary/aromatic N) is 5. The van der Waals surface area contributed by atoms with Crippen LogP contribution in [-0.2, 0) is 0 Å². The first-order chi connectivity index (χ1) is 9.58. The van der Waals surface area contributed by atoms with Gasteiger partial charge in [0, 0.05) is 37.4 Å². The molecule has 7 nitrogen and oxygen atoms in total. The summed E-state index contributed by atoms with van der Waals surface area (Å²) < 4.78 is 1.82. The smallest absolute Gasteiger partial charge is 0.407 e. The molecule has 0 aliphatic carbocycles. The van der Waals surface area contributed by atoms with Crippen LogP contribution in [0.5, 0.6) is 0 Å². The molecule has 0 aromatic carbocycles. The van der Waals surface area contributed by atoms with E-state index in [1.807, 2.05) is 24.4 Å². The van der Waals surface area contributed by atoms with Crippen LogP contribution in [0.1, 0.15) is 12.5 Å². The molecule has 1 aliphatic heterocycles. The van der Waals surface area contributed by atoms with Gasteiger partial charge >= 0.3 is 6.09 Å². The van der Waals surface area contributed by atoms with Crippen LogP contribution in [0.15, 0.2) is 18.5 Å². The summed E-state index contributed by atoms with van der Waals surface area (Å²) in [5.41, 5.74) is 1.87. The molecule has 1 saturated heterocycles. The second-order valence-electron chi connectivity index (χ2n) is 5.14. The predicted octanol–water partition coefficient (Wildman–Crippen LogP) is 1.23. The van der Waals surface area contributed by atoms with E-state index >= 15 is 0 Å². The molecule has 0 saturated carbocycles. The molecule has 7 heteroatoms. The average molecular weight is 275 g/mol. The Morgan fingerprint density at radius 3 is 2.95 bits per heavy atom. The van der Waals surface area contributed by atoms with E-state index in [0.717, 1.165) is 17.0 Å². The van der Waals surface area contributed by atoms with E-state index in [-0.39, 0.29) is 6.04 Å². The molecule has 0 unspecified atom stereocenters. The van der Waals surface area contributed by atoms with Gasteiger partial charge in [0.15, 0.2) is 5.65 Å². The van der Waals surface area contributed by atoms with Crippen LogP contribution in [0.4, 0.5) is 10.6 Å². The van der Waals surface area contributed by atoms with Crippen molar-refractivity contribution in [3.8, 4) is 0 Å². The highest BCUT2D eigenvalue weighted by Crippen LogP contribution is 2.21. The van der Waals surface area contributed by atoms with E-state index in [2.05, 4.69) is 15.0 Å². The van der Waals surface area contributed by atoms with Gasteiger partial charge in [0.2, 0.25) is 0 Å². The Morgan fingerprint density at radius 1 is 1.45 bits per heavy atom. The lowest BCUT2D eigenvalue weighted by Gasteiger charge is -2.39. The molecule has 1 amide bonds. The van der Waals surface area contributed by atoms with Gasteiger partial charge in [0.05, 0.1) is 6.20 Å². The number of hydrogen-bond acceptors (Lipinski definition) is 4. The van der Waals surface area contributed by atoms with Crippen LogP contribution in [0.3, 0.4) is 0 Å². The number of amides is 1. The van der Waals surface area contributed by atoms with Crippen LogP contribution < -0.4 is 4.90 Å². The average Bonchev–Trinajstić information content (AvgIpc) is 2.81. The van der Waals surface area contributed by atoms with Gasteiger partial charge in [-0.05, 0) is 19.9 Å². The molecule has 1 aliphatic rings. The predicted molar refractivity (Wildman–Crippen MR) is 74.1 cm³/mol. The number of fused-ring (bicyclic) bond motifs is 1. The van der Waals surface area contributed by atoms with Crippen LogP contribution in [-0.4, -0.2) is 56.4 Å². The van der Waals surface area contributed by atoms with Crippen molar-refractivity contribution in [3.05, 3.63) is 24.0 Å². The Balaban J connectivity index is 1.94. The van der Waals surface area contributed by atoms with Crippen molar-refractivity contribution in [2.75, 3.05) is 24.5 Å². The van der Waals surface area contributed by atoms with E-state index < -0.39 is 6.09 Å². The molecule has 2 aromatic rings. The van der Waals surface area contributed by atoms with E-state index in [9.17, 15) is 4.79 Å². The Labute approximate surface area is 116 Å². The normalized spacial score (nSPS) is 19.6. The van der Waals surface area contributed by atoms with E-state index in [1.54, 1.807) is 12.4 Å². The van der Waals surface area contributed by atoms with Crippen molar-refractivity contribution in [3.63, 3.8) is 0 Å². The molecule has 20 heavy (non-hydrogen) atoms. The fraction of sp³-hybridized carbons (Fsp3) is 0.462. The number of carboxylic acid groups (broad SMARTS) is 1. The van der Waals surface area contributed by atoms with Crippen molar-refractivity contribution in [1.29, 1.82) is 0 Å². The zero-order valence-corrected chi connectivity index (χ0v) is 11.5. The van der Waals surface area contributed by atoms with Gasteiger partial charge in [-0.15, -0.1) is 0 Å². The Bertz CT molecular complexity index is 653. The first-order valence-electron chi connectivity index (χ1n) is 6.62. The van der Waals surface area contributed by atoms with Crippen LogP contribution >= 0.6 is 0 Å². The Hall–Kier alpha value is -2.31. The minimum absolute atomic E-state index is 0.106. The number of rotatable bonds is 1. The zero-order chi connectivity index (χ0) is 14.3. The molecule has 3 heterocycles. The third kappa shape index (κ3) is 1.95. The third-order valence-corrected chi connectivity index (χ3v) is 3.75. The maximum absolute atomic E-state index is 11.0. The molecule has 3 rings (SSSR count). The minimum Gasteiger partial charge on any atom is -0.465 e. The quantitative estimate of drug-likeness (QED) is 0.847. The summed E-state index contributed by atoms with van der Waals surface area (Å²) in [6.45, 7) is 5.66. The minimum atomic E-state index is -0.855. The second-order valence-corrected chi connectivity index (χ2v) is 5.14.